The maximum absolute atomic E-state index is 12.6. The lowest BCUT2D eigenvalue weighted by atomic mass is 10.2. The molecule has 1 N–H and O–H groups in total. The van der Waals surface area contributed by atoms with Gasteiger partial charge in [-0.1, -0.05) is 6.07 Å². The summed E-state index contributed by atoms with van der Waals surface area (Å²) in [5.41, 5.74) is 2.09. The lowest BCUT2D eigenvalue weighted by Gasteiger charge is -2.09. The predicted octanol–water partition coefficient (Wildman–Crippen LogP) is 4.89. The SMILES string of the molecule is COc1ccc(-c2nc(OC(C)C)nn2-c2ccc(NC(=O)c3cccc([N+](=O)[O-])c3)cc2)cc1. The van der Waals surface area contributed by atoms with Crippen LogP contribution < -0.4 is 14.8 Å². The van der Waals surface area contributed by atoms with Crippen LogP contribution in [0.5, 0.6) is 11.8 Å². The fourth-order valence-corrected chi connectivity index (χ4v) is 3.31. The number of ether oxygens (including phenoxy) is 2. The summed E-state index contributed by atoms with van der Waals surface area (Å²) in [5.74, 6) is 0.854. The van der Waals surface area contributed by atoms with Gasteiger partial charge in [-0.25, -0.2) is 4.68 Å². The number of amides is 1. The zero-order valence-corrected chi connectivity index (χ0v) is 19.3. The Morgan fingerprint density at radius 3 is 2.40 bits per heavy atom. The van der Waals surface area contributed by atoms with Crippen molar-refractivity contribution in [3.63, 3.8) is 0 Å². The number of nitrogens with one attached hydrogen (secondary N) is 1. The van der Waals surface area contributed by atoms with Gasteiger partial charge in [0.2, 0.25) is 0 Å². The Morgan fingerprint density at radius 1 is 1.06 bits per heavy atom. The van der Waals surface area contributed by atoms with Crippen LogP contribution in [-0.4, -0.2) is 38.8 Å². The van der Waals surface area contributed by atoms with Crippen LogP contribution in [0.2, 0.25) is 0 Å². The smallest absolute Gasteiger partial charge is 0.336 e. The minimum atomic E-state index is -0.540. The highest BCUT2D eigenvalue weighted by atomic mass is 16.6. The largest absolute Gasteiger partial charge is 0.497 e. The summed E-state index contributed by atoms with van der Waals surface area (Å²) < 4.78 is 12.6. The molecule has 4 aromatic rings. The van der Waals surface area contributed by atoms with E-state index in [0.717, 1.165) is 11.3 Å². The molecular formula is C25H23N5O5. The Bertz CT molecular complexity index is 1350. The van der Waals surface area contributed by atoms with E-state index in [9.17, 15) is 14.9 Å². The monoisotopic (exact) mass is 473 g/mol. The fraction of sp³-hybridized carbons (Fsp3) is 0.160. The molecule has 0 fully saturated rings. The maximum Gasteiger partial charge on any atom is 0.336 e. The number of benzene rings is 3. The molecule has 0 unspecified atom stereocenters. The van der Waals surface area contributed by atoms with Gasteiger partial charge in [0.1, 0.15) is 5.75 Å². The van der Waals surface area contributed by atoms with Crippen molar-refractivity contribution in [2.45, 2.75) is 20.0 Å². The maximum atomic E-state index is 12.6. The summed E-state index contributed by atoms with van der Waals surface area (Å²) in [6.45, 7) is 3.79. The third-order valence-corrected chi connectivity index (χ3v) is 4.97. The number of non-ortho nitro benzene ring substituents is 1. The normalized spacial score (nSPS) is 10.7. The van der Waals surface area contributed by atoms with Crippen LogP contribution in [0.3, 0.4) is 0 Å². The van der Waals surface area contributed by atoms with Crippen LogP contribution in [0.1, 0.15) is 24.2 Å². The number of nitrogens with zero attached hydrogens (tertiary/aromatic N) is 4. The molecule has 0 saturated carbocycles. The molecule has 10 nitrogen and oxygen atoms in total. The van der Waals surface area contributed by atoms with Gasteiger partial charge in [-0.2, -0.15) is 4.98 Å². The Morgan fingerprint density at radius 2 is 1.77 bits per heavy atom. The lowest BCUT2D eigenvalue weighted by Crippen LogP contribution is -2.12. The van der Waals surface area contributed by atoms with Gasteiger partial charge >= 0.3 is 6.01 Å². The molecule has 0 radical (unpaired) electrons. The molecule has 4 rings (SSSR count). The van der Waals surface area contributed by atoms with Crippen LogP contribution in [0.25, 0.3) is 17.1 Å². The van der Waals surface area contributed by atoms with E-state index in [1.807, 2.05) is 38.1 Å². The van der Waals surface area contributed by atoms with Gasteiger partial charge in [-0.3, -0.25) is 14.9 Å². The van der Waals surface area contributed by atoms with Gasteiger partial charge < -0.3 is 14.8 Å². The molecule has 0 atom stereocenters. The van der Waals surface area contributed by atoms with Crippen molar-refractivity contribution < 1.29 is 19.2 Å². The third kappa shape index (κ3) is 5.44. The van der Waals surface area contributed by atoms with Crippen LogP contribution in [0, 0.1) is 10.1 Å². The first-order chi connectivity index (χ1) is 16.8. The van der Waals surface area contributed by atoms with E-state index in [1.165, 1.54) is 24.3 Å². The molecule has 0 bridgehead atoms. The zero-order chi connectivity index (χ0) is 24.9. The van der Waals surface area contributed by atoms with E-state index in [1.54, 1.807) is 36.1 Å². The number of rotatable bonds is 8. The van der Waals surface area contributed by atoms with E-state index in [-0.39, 0.29) is 23.4 Å². The van der Waals surface area contributed by atoms with E-state index in [0.29, 0.717) is 17.2 Å². The molecule has 0 saturated heterocycles. The van der Waals surface area contributed by atoms with Gasteiger partial charge in [-0.15, -0.1) is 5.10 Å². The molecule has 1 amide bonds. The molecule has 0 aliphatic rings. The van der Waals surface area contributed by atoms with Gasteiger partial charge in [-0.05, 0) is 68.4 Å². The highest BCUT2D eigenvalue weighted by Gasteiger charge is 2.17. The number of aromatic nitrogens is 3. The second-order valence-corrected chi connectivity index (χ2v) is 7.83. The molecule has 10 heteroatoms. The first-order valence-electron chi connectivity index (χ1n) is 10.8. The summed E-state index contributed by atoms with van der Waals surface area (Å²) in [6.07, 6.45) is -0.0963. The molecule has 35 heavy (non-hydrogen) atoms. The number of carbonyl (C=O) groups is 1. The Labute approximate surface area is 201 Å². The first kappa shape index (κ1) is 23.4. The van der Waals surface area contributed by atoms with Gasteiger partial charge in [0.15, 0.2) is 5.82 Å². The quantitative estimate of drug-likeness (QED) is 0.286. The summed E-state index contributed by atoms with van der Waals surface area (Å²) >= 11 is 0. The zero-order valence-electron chi connectivity index (χ0n) is 19.3. The predicted molar refractivity (Wildman–Crippen MR) is 130 cm³/mol. The van der Waals surface area contributed by atoms with Crippen molar-refractivity contribution in [3.8, 4) is 28.8 Å². The minimum Gasteiger partial charge on any atom is -0.497 e. The van der Waals surface area contributed by atoms with Gasteiger partial charge in [0.25, 0.3) is 11.6 Å². The van der Waals surface area contributed by atoms with Crippen molar-refractivity contribution in [2.75, 3.05) is 12.4 Å². The molecule has 1 aromatic heterocycles. The second-order valence-electron chi connectivity index (χ2n) is 7.83. The number of nitro groups is 1. The van der Waals surface area contributed by atoms with E-state index in [4.69, 9.17) is 9.47 Å². The highest BCUT2D eigenvalue weighted by molar-refractivity contribution is 6.04. The summed E-state index contributed by atoms with van der Waals surface area (Å²) in [6, 6.07) is 20.2. The summed E-state index contributed by atoms with van der Waals surface area (Å²) in [5, 5.41) is 18.2. The van der Waals surface area contributed by atoms with Crippen molar-refractivity contribution >= 4 is 17.3 Å². The van der Waals surface area contributed by atoms with Crippen LogP contribution >= 0.6 is 0 Å². The fourth-order valence-electron chi connectivity index (χ4n) is 3.31. The number of methoxy groups -OCH3 is 1. The number of hydrogen-bond donors (Lipinski definition) is 1. The number of hydrogen-bond acceptors (Lipinski definition) is 7. The highest BCUT2D eigenvalue weighted by Crippen LogP contribution is 2.26. The first-order valence-corrected chi connectivity index (χ1v) is 10.8. The minimum absolute atomic E-state index is 0.0963. The topological polar surface area (TPSA) is 121 Å². The molecule has 0 spiro atoms. The third-order valence-electron chi connectivity index (χ3n) is 4.97. The van der Waals surface area contributed by atoms with Crippen molar-refractivity contribution in [3.05, 3.63) is 88.5 Å². The molecule has 0 aliphatic heterocycles. The molecule has 178 valence electrons. The van der Waals surface area contributed by atoms with Crippen LogP contribution in [-0.2, 0) is 0 Å². The number of anilines is 1. The number of nitro benzene ring substituents is 1. The Balaban J connectivity index is 1.60. The molecule has 0 aliphatic carbocycles. The standard InChI is InChI=1S/C25H23N5O5/c1-16(2)35-25-27-23(17-7-13-22(34-3)14-8-17)29(28-25)20-11-9-19(10-12-20)26-24(31)18-5-4-6-21(15-18)30(32)33/h4-16H,1-3H3,(H,26,31). The van der Waals surface area contributed by atoms with Crippen LogP contribution in [0.4, 0.5) is 11.4 Å². The average molecular weight is 473 g/mol. The van der Waals surface area contributed by atoms with Crippen molar-refractivity contribution in [2.24, 2.45) is 0 Å². The van der Waals surface area contributed by atoms with E-state index >= 15 is 0 Å². The molecule has 1 heterocycles. The Hall–Kier alpha value is -4.73. The van der Waals surface area contributed by atoms with Gasteiger partial charge in [0, 0.05) is 28.9 Å². The summed E-state index contributed by atoms with van der Waals surface area (Å²) in [7, 11) is 1.60. The molecule has 3 aromatic carbocycles. The van der Waals surface area contributed by atoms with E-state index < -0.39 is 10.8 Å². The van der Waals surface area contributed by atoms with Crippen molar-refractivity contribution in [1.82, 2.24) is 14.8 Å². The summed E-state index contributed by atoms with van der Waals surface area (Å²) in [4.78, 5) is 27.5. The van der Waals surface area contributed by atoms with Crippen molar-refractivity contribution in [1.29, 1.82) is 0 Å². The lowest BCUT2D eigenvalue weighted by molar-refractivity contribution is -0.384. The van der Waals surface area contributed by atoms with E-state index in [2.05, 4.69) is 15.4 Å². The van der Waals surface area contributed by atoms with Gasteiger partial charge in [0.05, 0.1) is 23.8 Å². The second kappa shape index (κ2) is 10.0. The number of carbonyl (C=O) groups excluding carboxylic acids is 1. The Kier molecular flexibility index (Phi) is 6.72. The average Bonchev–Trinajstić information content (AvgIpc) is 3.27. The van der Waals surface area contributed by atoms with Crippen LogP contribution in [0.15, 0.2) is 72.8 Å². The molecular weight excluding hydrogens is 450 g/mol.